The largest absolute Gasteiger partial charge is 0.463 e. The van der Waals surface area contributed by atoms with Gasteiger partial charge in [-0.2, -0.15) is 0 Å². The van der Waals surface area contributed by atoms with Gasteiger partial charge in [0, 0.05) is 12.1 Å². The van der Waals surface area contributed by atoms with Crippen molar-refractivity contribution in [3.05, 3.63) is 23.7 Å². The first-order valence-corrected chi connectivity index (χ1v) is 7.77. The summed E-state index contributed by atoms with van der Waals surface area (Å²) in [5.41, 5.74) is 0. The quantitative estimate of drug-likeness (QED) is 0.853. The van der Waals surface area contributed by atoms with Gasteiger partial charge < -0.3 is 9.73 Å². The third-order valence-electron chi connectivity index (χ3n) is 4.40. The molecule has 2 aliphatic rings. The van der Waals surface area contributed by atoms with E-state index in [1.165, 1.54) is 32.2 Å². The highest BCUT2D eigenvalue weighted by atomic mass is 16.3. The van der Waals surface area contributed by atoms with Crippen LogP contribution in [0.25, 0.3) is 0 Å². The maximum atomic E-state index is 5.95. The van der Waals surface area contributed by atoms with Gasteiger partial charge in [0.1, 0.15) is 11.5 Å². The zero-order valence-electron chi connectivity index (χ0n) is 12.2. The van der Waals surface area contributed by atoms with Crippen molar-refractivity contribution in [1.82, 2.24) is 10.2 Å². The van der Waals surface area contributed by atoms with Gasteiger partial charge >= 0.3 is 0 Å². The molecule has 0 spiro atoms. The highest BCUT2D eigenvalue weighted by molar-refractivity contribution is 5.08. The highest BCUT2D eigenvalue weighted by Gasteiger charge is 2.27. The van der Waals surface area contributed by atoms with E-state index in [9.17, 15) is 0 Å². The number of nitrogens with zero attached hydrogens (tertiary/aromatic N) is 1. The zero-order valence-corrected chi connectivity index (χ0v) is 12.2. The van der Waals surface area contributed by atoms with Crippen molar-refractivity contribution in [3.63, 3.8) is 0 Å². The molecule has 1 N–H and O–H groups in total. The molecule has 1 saturated heterocycles. The lowest BCUT2D eigenvalue weighted by molar-refractivity contribution is 0.184. The van der Waals surface area contributed by atoms with Crippen molar-refractivity contribution in [3.8, 4) is 0 Å². The summed E-state index contributed by atoms with van der Waals surface area (Å²) in [5, 5.41) is 3.50. The Morgan fingerprint density at radius 1 is 1.26 bits per heavy atom. The van der Waals surface area contributed by atoms with Gasteiger partial charge in [0.2, 0.25) is 0 Å². The molecule has 1 aromatic heterocycles. The van der Waals surface area contributed by atoms with Gasteiger partial charge in [0.05, 0.1) is 13.1 Å². The molecule has 3 nitrogen and oxygen atoms in total. The van der Waals surface area contributed by atoms with Gasteiger partial charge in [-0.15, -0.1) is 0 Å². The molecule has 2 heterocycles. The first-order chi connectivity index (χ1) is 9.22. The lowest BCUT2D eigenvalue weighted by Crippen LogP contribution is -2.32. The summed E-state index contributed by atoms with van der Waals surface area (Å²) in [4.78, 5) is 2.58. The number of nitrogens with one attached hydrogen (secondary N) is 1. The maximum absolute atomic E-state index is 5.95. The first kappa shape index (κ1) is 13.2. The zero-order chi connectivity index (χ0) is 13.2. The predicted molar refractivity (Wildman–Crippen MR) is 76.8 cm³/mol. The van der Waals surface area contributed by atoms with Crippen molar-refractivity contribution >= 4 is 0 Å². The molecule has 0 aromatic carbocycles. The highest BCUT2D eigenvalue weighted by Crippen LogP contribution is 2.26. The van der Waals surface area contributed by atoms with E-state index in [4.69, 9.17) is 4.42 Å². The van der Waals surface area contributed by atoms with Gasteiger partial charge in [-0.05, 0) is 50.3 Å². The molecule has 1 aromatic rings. The number of hydrogen-bond donors (Lipinski definition) is 1. The van der Waals surface area contributed by atoms with Crippen LogP contribution in [-0.4, -0.2) is 23.5 Å². The molecule has 106 valence electrons. The molecule has 3 heteroatoms. The van der Waals surface area contributed by atoms with Crippen LogP contribution in [0.1, 0.15) is 51.1 Å². The molecule has 1 unspecified atom stereocenters. The van der Waals surface area contributed by atoms with Gasteiger partial charge in [-0.3, -0.25) is 4.90 Å². The molecule has 3 rings (SSSR count). The first-order valence-electron chi connectivity index (χ1n) is 7.77. The molecule has 0 amide bonds. The van der Waals surface area contributed by atoms with Crippen LogP contribution < -0.4 is 5.32 Å². The summed E-state index contributed by atoms with van der Waals surface area (Å²) < 4.78 is 5.95. The minimum Gasteiger partial charge on any atom is -0.463 e. The second-order valence-corrected chi connectivity index (χ2v) is 6.45. The van der Waals surface area contributed by atoms with E-state index in [1.807, 2.05) is 0 Å². The van der Waals surface area contributed by atoms with Crippen LogP contribution in [0.5, 0.6) is 0 Å². The fourth-order valence-electron chi connectivity index (χ4n) is 3.14. The van der Waals surface area contributed by atoms with Crippen LogP contribution in [0.3, 0.4) is 0 Å². The fourth-order valence-corrected chi connectivity index (χ4v) is 3.14. The fraction of sp³-hybridized carbons (Fsp3) is 0.750. The smallest absolute Gasteiger partial charge is 0.118 e. The van der Waals surface area contributed by atoms with Crippen LogP contribution in [0.15, 0.2) is 16.5 Å². The Morgan fingerprint density at radius 2 is 2.05 bits per heavy atom. The summed E-state index contributed by atoms with van der Waals surface area (Å²) in [6, 6.07) is 5.76. The number of furan rings is 1. The van der Waals surface area contributed by atoms with E-state index in [-0.39, 0.29) is 0 Å². The molecule has 0 radical (unpaired) electrons. The van der Waals surface area contributed by atoms with Crippen molar-refractivity contribution in [1.29, 1.82) is 0 Å². The Labute approximate surface area is 116 Å². The van der Waals surface area contributed by atoms with Crippen molar-refractivity contribution in [2.45, 2.75) is 64.7 Å². The third-order valence-corrected chi connectivity index (χ3v) is 4.40. The lowest BCUT2D eigenvalue weighted by Gasteiger charge is -2.26. The predicted octanol–water partition coefficient (Wildman–Crippen LogP) is 3.15. The van der Waals surface area contributed by atoms with E-state index in [0.717, 1.165) is 42.6 Å². The van der Waals surface area contributed by atoms with Crippen LogP contribution in [0, 0.1) is 5.92 Å². The third kappa shape index (κ3) is 3.40. The summed E-state index contributed by atoms with van der Waals surface area (Å²) in [6.45, 7) is 7.75. The van der Waals surface area contributed by atoms with Crippen LogP contribution >= 0.6 is 0 Å². The average molecular weight is 262 g/mol. The Balaban J connectivity index is 1.53. The number of likely N-dealkylation sites (tertiary alicyclic amines) is 1. The average Bonchev–Trinajstić information content (AvgIpc) is 2.91. The topological polar surface area (TPSA) is 28.4 Å². The summed E-state index contributed by atoms with van der Waals surface area (Å²) in [5.74, 6) is 2.95. The van der Waals surface area contributed by atoms with Gasteiger partial charge in [0.25, 0.3) is 0 Å². The summed E-state index contributed by atoms with van der Waals surface area (Å²) in [7, 11) is 0. The minimum absolute atomic E-state index is 0.734. The SMILES string of the molecule is CC(C)C1CCCN1Cc1ccc(CNC2CC2)o1. The van der Waals surface area contributed by atoms with E-state index in [0.29, 0.717) is 0 Å². The molecular weight excluding hydrogens is 236 g/mol. The molecule has 1 aliphatic carbocycles. The summed E-state index contributed by atoms with van der Waals surface area (Å²) in [6.07, 6.45) is 5.34. The molecule has 2 fully saturated rings. The number of hydrogen-bond acceptors (Lipinski definition) is 3. The minimum atomic E-state index is 0.734. The standard InChI is InChI=1S/C16H26N2O/c1-12(2)16-4-3-9-18(16)11-15-8-7-14(19-15)10-17-13-5-6-13/h7-8,12-13,16-17H,3-6,9-11H2,1-2H3. The Hall–Kier alpha value is -0.800. The molecule has 0 bridgehead atoms. The lowest BCUT2D eigenvalue weighted by atomic mass is 10.0. The Bertz CT molecular complexity index is 409. The Morgan fingerprint density at radius 3 is 2.79 bits per heavy atom. The van der Waals surface area contributed by atoms with Gasteiger partial charge in [0.15, 0.2) is 0 Å². The molecule has 19 heavy (non-hydrogen) atoms. The summed E-state index contributed by atoms with van der Waals surface area (Å²) >= 11 is 0. The van der Waals surface area contributed by atoms with Gasteiger partial charge in [-0.25, -0.2) is 0 Å². The molecular formula is C16H26N2O. The van der Waals surface area contributed by atoms with E-state index in [2.05, 4.69) is 36.2 Å². The van der Waals surface area contributed by atoms with Crippen LogP contribution in [0.4, 0.5) is 0 Å². The molecule has 1 saturated carbocycles. The van der Waals surface area contributed by atoms with Crippen LogP contribution in [0.2, 0.25) is 0 Å². The van der Waals surface area contributed by atoms with E-state index >= 15 is 0 Å². The van der Waals surface area contributed by atoms with Crippen LogP contribution in [-0.2, 0) is 13.1 Å². The maximum Gasteiger partial charge on any atom is 0.118 e. The second kappa shape index (κ2) is 5.68. The number of rotatable bonds is 6. The van der Waals surface area contributed by atoms with E-state index < -0.39 is 0 Å². The monoisotopic (exact) mass is 262 g/mol. The van der Waals surface area contributed by atoms with E-state index in [1.54, 1.807) is 0 Å². The molecule has 1 aliphatic heterocycles. The Kier molecular flexibility index (Phi) is 3.94. The van der Waals surface area contributed by atoms with Crippen molar-refractivity contribution in [2.75, 3.05) is 6.54 Å². The normalized spacial score (nSPS) is 24.5. The molecule has 1 atom stereocenters. The second-order valence-electron chi connectivity index (χ2n) is 6.45. The van der Waals surface area contributed by atoms with Crippen molar-refractivity contribution < 1.29 is 4.42 Å². The van der Waals surface area contributed by atoms with Gasteiger partial charge in [-0.1, -0.05) is 13.8 Å². The van der Waals surface area contributed by atoms with Crippen molar-refractivity contribution in [2.24, 2.45) is 5.92 Å².